The van der Waals surface area contributed by atoms with E-state index in [-0.39, 0.29) is 94.8 Å². The Balaban J connectivity index is 1.15. The monoisotopic (exact) mass is 1600 g/mol. The summed E-state index contributed by atoms with van der Waals surface area (Å²) in [7, 11) is 0. The average molecular weight is 1600 g/mol. The number of nitrogens with one attached hydrogen (secondary N) is 16. The summed E-state index contributed by atoms with van der Waals surface area (Å²) >= 11 is 0. The van der Waals surface area contributed by atoms with Crippen LogP contribution in [0.5, 0.6) is 0 Å². The molecule has 13 amide bonds. The van der Waals surface area contributed by atoms with Gasteiger partial charge >= 0.3 is 11.9 Å². The fourth-order valence-electron chi connectivity index (χ4n) is 13.8. The van der Waals surface area contributed by atoms with Crippen molar-refractivity contribution in [3.8, 4) is 0 Å². The molecule has 4 aromatic heterocycles. The van der Waals surface area contributed by atoms with Crippen LogP contribution in [0, 0.1) is 11.8 Å². The number of aliphatic hydroxyl groups excluding tert-OH is 1. The summed E-state index contributed by atoms with van der Waals surface area (Å²) < 4.78 is 1.45. The molecule has 0 radical (unpaired) electrons. The van der Waals surface area contributed by atoms with Crippen molar-refractivity contribution in [1.82, 2.24) is 104 Å². The zero-order chi connectivity index (χ0) is 83.9. The first-order chi connectivity index (χ1) is 54.7. The van der Waals surface area contributed by atoms with E-state index >= 15 is 9.59 Å². The molecular weight excluding hydrogens is 1490 g/mol. The maximum atomic E-state index is 15.0. The number of carboxylic acid groups (broad SMARTS) is 2. The molecule has 622 valence electrons. The van der Waals surface area contributed by atoms with E-state index in [4.69, 9.17) is 5.73 Å². The third kappa shape index (κ3) is 25.4. The summed E-state index contributed by atoms with van der Waals surface area (Å²) in [4.78, 5) is 225. The van der Waals surface area contributed by atoms with Gasteiger partial charge in [-0.25, -0.2) is 4.98 Å². The molecule has 0 aliphatic carbocycles. The van der Waals surface area contributed by atoms with Crippen LogP contribution in [0.2, 0.25) is 0 Å². The Morgan fingerprint density at radius 3 is 1.97 bits per heavy atom. The number of aliphatic hydroxyl groups is 1. The summed E-state index contributed by atoms with van der Waals surface area (Å²) in [5.74, 6) is -16.4. The van der Waals surface area contributed by atoms with Crippen molar-refractivity contribution in [2.24, 2.45) is 17.6 Å². The number of fused-ring (bicyclic) bond motifs is 6. The quantitative estimate of drug-likeness (QED) is 0.0359. The lowest BCUT2D eigenvalue weighted by Gasteiger charge is -2.30. The van der Waals surface area contributed by atoms with E-state index in [1.165, 1.54) is 31.1 Å². The van der Waals surface area contributed by atoms with E-state index in [1.54, 1.807) is 103 Å². The zero-order valence-corrected chi connectivity index (χ0v) is 65.3. The second kappa shape index (κ2) is 41.6. The summed E-state index contributed by atoms with van der Waals surface area (Å²) in [6.07, 6.45) is 3.40. The molecule has 1 unspecified atom stereocenters. The first kappa shape index (κ1) is 88.4. The Morgan fingerprint density at radius 1 is 0.661 bits per heavy atom. The van der Waals surface area contributed by atoms with Gasteiger partial charge in [0.05, 0.1) is 42.8 Å². The largest absolute Gasteiger partial charge is 0.481 e. The van der Waals surface area contributed by atoms with Crippen LogP contribution in [0.25, 0.3) is 21.8 Å². The Labute approximate surface area is 661 Å². The van der Waals surface area contributed by atoms with E-state index < -0.39 is 199 Å². The highest BCUT2D eigenvalue weighted by molar-refractivity contribution is 6.01. The lowest BCUT2D eigenvalue weighted by atomic mass is 9.88. The number of imidazole rings is 1. The van der Waals surface area contributed by atoms with Crippen molar-refractivity contribution in [2.75, 3.05) is 13.1 Å². The van der Waals surface area contributed by atoms with Crippen LogP contribution >= 0.6 is 0 Å². The Morgan fingerprint density at radius 2 is 1.31 bits per heavy atom. The van der Waals surface area contributed by atoms with Crippen molar-refractivity contribution in [1.29, 1.82) is 0 Å². The molecule has 2 aromatic carbocycles. The molecular formula is C76H105N21O18. The van der Waals surface area contributed by atoms with Gasteiger partial charge in [0.1, 0.15) is 66.5 Å². The van der Waals surface area contributed by atoms with E-state index in [0.717, 1.165) is 0 Å². The molecule has 2 aliphatic rings. The van der Waals surface area contributed by atoms with Crippen LogP contribution < -0.4 is 74.9 Å². The second-order valence-electron chi connectivity index (χ2n) is 29.9. The highest BCUT2D eigenvalue weighted by Crippen LogP contribution is 2.33. The van der Waals surface area contributed by atoms with E-state index in [1.807, 2.05) is 0 Å². The molecule has 0 fully saturated rings. The van der Waals surface area contributed by atoms with Gasteiger partial charge in [-0.1, -0.05) is 77.1 Å². The van der Waals surface area contributed by atoms with Gasteiger partial charge in [0, 0.05) is 84.7 Å². The lowest BCUT2D eigenvalue weighted by Crippen LogP contribution is -2.61. The molecule has 115 heavy (non-hydrogen) atoms. The number of H-pyrrole nitrogens is 3. The standard InChI is InChI=1S/C76H105N21O18/c1-9-79-53(30-61(102)103)71(110)87-52-21-20-44-35-97(96-95-44)24-13-12-18-50(70(109)94-64(41(8)98)65(77)104)86-72(111)57-28-43-32-81-49-19-14-16-46(62(43)49)39(6)63(76(115)92-57)93-75(114)55(26-38(4)5)90-69(108)51(22-23-60(100)101)85-59(99)34-82-67(106)54(25-37(2)3)89-74(113)58(29-45-33-78-36-83-45)91-73(112)56(88-66(105)40(7)84-68(52)107)27-42-31-80-48-17-11-10-15-47(42)48/h10-11,14-17,19,31-33,35-41,50-58,63-64,79-81,98H,9,12-13,18,20-30,34H2,1-8H3,(H2,77,104)(H,78,83)(H,82,106)(H,84,107)(H,85,99)(H,86,111)(H,87,110)(H,88,105)(H,89,113)(H,90,108)(H,91,112)(H,92,115)(H,93,114)(H,94,109)(H,100,101)(H,102,103)/t39?,40-,41+,50-,51-,52-,53-,54-,55-,56-,57-,58-,63-,64-/m0/s1. The van der Waals surface area contributed by atoms with Crippen molar-refractivity contribution in [3.05, 3.63) is 102 Å². The van der Waals surface area contributed by atoms with Crippen molar-refractivity contribution < 1.29 is 87.2 Å². The molecule has 4 bridgehead atoms. The van der Waals surface area contributed by atoms with Crippen molar-refractivity contribution in [2.45, 2.75) is 230 Å². The fourth-order valence-corrected chi connectivity index (χ4v) is 13.8. The van der Waals surface area contributed by atoms with E-state index in [9.17, 15) is 77.6 Å². The normalized spacial score (nSPS) is 23.6. The molecule has 0 saturated heterocycles. The predicted octanol–water partition coefficient (Wildman–Crippen LogP) is -2.33. The van der Waals surface area contributed by atoms with Gasteiger partial charge in [0.15, 0.2) is 0 Å². The third-order valence-electron chi connectivity index (χ3n) is 19.8. The number of aromatic nitrogens is 7. The SMILES string of the molecule is CCN[C@@H](CC(=O)O)C(=O)N[C@H]1CCc2cn(nn2)CCCC[C@@H](C(=O)N[C@H](C(N)=O)[C@@H](C)O)NC(=O)[C@@H]2Cc3c[nH]c4cccc(c34)C(C)[C@H](NC(=O)[C@H](CC(C)C)NC(=O)[C@H](CCC(=O)O)NC(=O)CNC(=O)[C@H](CC(C)C)NC(=O)[C@H](Cc3c[nH]cn3)NC(=O)[C@H](Cc3c[nH]c4ccccc34)NC(=O)[C@H](C)NC1=O)C(=O)N2. The Hall–Kier alpha value is -12.2. The number of benzene rings is 2. The molecule has 0 saturated carbocycles. The Kier molecular flexibility index (Phi) is 32.0. The summed E-state index contributed by atoms with van der Waals surface area (Å²) in [6, 6.07) is -5.65. The number of aliphatic carboxylic acids is 2. The predicted molar refractivity (Wildman–Crippen MR) is 413 cm³/mol. The zero-order valence-electron chi connectivity index (χ0n) is 65.3. The average Bonchev–Trinajstić information content (AvgIpc) is 1.63. The first-order valence-electron chi connectivity index (χ1n) is 38.4. The number of nitrogens with zero attached hydrogens (tertiary/aromatic N) is 4. The van der Waals surface area contributed by atoms with Gasteiger partial charge in [-0.15, -0.1) is 5.10 Å². The molecule has 39 nitrogen and oxygen atoms in total. The van der Waals surface area contributed by atoms with E-state index in [2.05, 4.69) is 99.4 Å². The molecule has 0 spiro atoms. The molecule has 39 heteroatoms. The number of carboxylic acids is 2. The smallest absolute Gasteiger partial charge is 0.305 e. The van der Waals surface area contributed by atoms with Crippen molar-refractivity contribution >= 4 is 111 Å². The maximum Gasteiger partial charge on any atom is 0.305 e. The Bertz CT molecular complexity index is 4480. The van der Waals surface area contributed by atoms with Crippen LogP contribution in [-0.4, -0.2) is 231 Å². The minimum Gasteiger partial charge on any atom is -0.481 e. The van der Waals surface area contributed by atoms with Gasteiger partial charge in [-0.2, -0.15) is 0 Å². The van der Waals surface area contributed by atoms with Crippen LogP contribution in [-0.2, 0) is 104 Å². The highest BCUT2D eigenvalue weighted by atomic mass is 16.4. The van der Waals surface area contributed by atoms with Gasteiger partial charge in [0.2, 0.25) is 76.8 Å². The topological polar surface area (TPSA) is 590 Å². The second-order valence-corrected chi connectivity index (χ2v) is 29.9. The van der Waals surface area contributed by atoms with Gasteiger partial charge < -0.3 is 105 Å². The number of primary amides is 1. The number of aryl methyl sites for hydroxylation is 2. The molecule has 14 atom stereocenters. The summed E-state index contributed by atoms with van der Waals surface area (Å²) in [6.45, 7) is 12.2. The maximum absolute atomic E-state index is 15.0. The number of carbonyl (C=O) groups excluding carboxylic acids is 13. The number of aromatic amines is 3. The van der Waals surface area contributed by atoms with Gasteiger partial charge in [-0.3, -0.25) is 76.6 Å². The van der Waals surface area contributed by atoms with Gasteiger partial charge in [-0.05, 0) is 112 Å². The lowest BCUT2D eigenvalue weighted by molar-refractivity contribution is -0.140. The highest BCUT2D eigenvalue weighted by Gasteiger charge is 2.40. The number of amides is 13. The molecule has 8 rings (SSSR count). The number of nitrogens with two attached hydrogens (primary N) is 1. The minimum atomic E-state index is -1.67. The molecule has 2 aliphatic heterocycles. The number of carbonyl (C=O) groups is 15. The molecule has 6 heterocycles. The van der Waals surface area contributed by atoms with Gasteiger partial charge in [0.25, 0.3) is 0 Å². The summed E-state index contributed by atoms with van der Waals surface area (Å²) in [5, 5.41) is 74.3. The van der Waals surface area contributed by atoms with E-state index in [0.29, 0.717) is 44.2 Å². The fraction of sp³-hybridized carbons (Fsp3) is 0.526. The third-order valence-corrected chi connectivity index (χ3v) is 19.8. The minimum absolute atomic E-state index is 0.0489. The summed E-state index contributed by atoms with van der Waals surface area (Å²) in [5.41, 5.74) is 9.07. The number of hydrogen-bond donors (Lipinski definition) is 20. The number of hydrogen-bond acceptors (Lipinski definition) is 20. The van der Waals surface area contributed by atoms with Crippen molar-refractivity contribution in [3.63, 3.8) is 0 Å². The number of rotatable bonds is 21. The van der Waals surface area contributed by atoms with Crippen LogP contribution in [0.1, 0.15) is 147 Å². The first-order valence-corrected chi connectivity index (χ1v) is 38.4. The number of para-hydroxylation sites is 1. The molecule has 21 N–H and O–H groups in total. The molecule has 6 aromatic rings. The number of likely N-dealkylation sites (N-methyl/N-ethyl adjacent to an activating group) is 1. The van der Waals surface area contributed by atoms with Crippen LogP contribution in [0.3, 0.4) is 0 Å². The van der Waals surface area contributed by atoms with Crippen LogP contribution in [0.4, 0.5) is 0 Å². The van der Waals surface area contributed by atoms with Crippen LogP contribution in [0.15, 0.2) is 73.6 Å².